The number of aromatic nitrogens is 2. The summed E-state index contributed by atoms with van der Waals surface area (Å²) < 4.78 is 14.8. The molecule has 0 unspecified atom stereocenters. The lowest BCUT2D eigenvalue weighted by molar-refractivity contribution is 0.216. The minimum atomic E-state index is -0.241. The SMILES string of the molecule is CN(Cc1ccc(-c2ccc3ccccc3c2F)nn1)CC1CNC1. The zero-order chi connectivity index (χ0) is 17.2. The molecular weight excluding hydrogens is 315 g/mol. The van der Waals surface area contributed by atoms with Crippen LogP contribution in [0.1, 0.15) is 5.69 Å². The van der Waals surface area contributed by atoms with Gasteiger partial charge in [0.2, 0.25) is 0 Å². The highest BCUT2D eigenvalue weighted by Gasteiger charge is 2.18. The average molecular weight is 336 g/mol. The van der Waals surface area contributed by atoms with Crippen LogP contribution in [0.4, 0.5) is 4.39 Å². The maximum atomic E-state index is 14.8. The van der Waals surface area contributed by atoms with Crippen LogP contribution in [0.2, 0.25) is 0 Å². The summed E-state index contributed by atoms with van der Waals surface area (Å²) in [6.07, 6.45) is 0. The second kappa shape index (κ2) is 6.86. The molecule has 3 aromatic rings. The number of hydrogen-bond acceptors (Lipinski definition) is 4. The molecule has 1 aromatic heterocycles. The van der Waals surface area contributed by atoms with Crippen molar-refractivity contribution in [3.8, 4) is 11.3 Å². The largest absolute Gasteiger partial charge is 0.316 e. The molecule has 0 spiro atoms. The first-order valence-electron chi connectivity index (χ1n) is 8.60. The highest BCUT2D eigenvalue weighted by atomic mass is 19.1. The first kappa shape index (κ1) is 16.1. The molecule has 1 aliphatic heterocycles. The van der Waals surface area contributed by atoms with Crippen molar-refractivity contribution >= 4 is 10.8 Å². The summed E-state index contributed by atoms with van der Waals surface area (Å²) in [6, 6.07) is 14.9. The quantitative estimate of drug-likeness (QED) is 0.777. The van der Waals surface area contributed by atoms with Gasteiger partial charge < -0.3 is 10.2 Å². The second-order valence-corrected chi connectivity index (χ2v) is 6.78. The van der Waals surface area contributed by atoms with Gasteiger partial charge in [-0.3, -0.25) is 0 Å². The van der Waals surface area contributed by atoms with Gasteiger partial charge in [0.05, 0.1) is 11.4 Å². The summed E-state index contributed by atoms with van der Waals surface area (Å²) >= 11 is 0. The smallest absolute Gasteiger partial charge is 0.140 e. The van der Waals surface area contributed by atoms with Crippen molar-refractivity contribution in [3.63, 3.8) is 0 Å². The van der Waals surface area contributed by atoms with Gasteiger partial charge in [0.25, 0.3) is 0 Å². The van der Waals surface area contributed by atoms with Crippen molar-refractivity contribution in [3.05, 3.63) is 60.0 Å². The van der Waals surface area contributed by atoms with Gasteiger partial charge in [-0.1, -0.05) is 30.3 Å². The van der Waals surface area contributed by atoms with E-state index in [9.17, 15) is 4.39 Å². The zero-order valence-electron chi connectivity index (χ0n) is 14.2. The first-order valence-corrected chi connectivity index (χ1v) is 8.60. The number of fused-ring (bicyclic) bond motifs is 1. The Balaban J connectivity index is 1.52. The van der Waals surface area contributed by atoms with Gasteiger partial charge in [0, 0.05) is 37.1 Å². The lowest BCUT2D eigenvalue weighted by Gasteiger charge is -2.31. The molecule has 1 N–H and O–H groups in total. The van der Waals surface area contributed by atoms with Crippen molar-refractivity contribution in [1.82, 2.24) is 20.4 Å². The van der Waals surface area contributed by atoms with E-state index >= 15 is 0 Å². The van der Waals surface area contributed by atoms with Gasteiger partial charge in [-0.25, -0.2) is 4.39 Å². The molecule has 1 aliphatic rings. The average Bonchev–Trinajstić information content (AvgIpc) is 2.60. The van der Waals surface area contributed by atoms with Crippen LogP contribution >= 0.6 is 0 Å². The van der Waals surface area contributed by atoms with Gasteiger partial charge in [-0.05, 0) is 36.6 Å². The summed E-state index contributed by atoms with van der Waals surface area (Å²) in [7, 11) is 2.09. The topological polar surface area (TPSA) is 41.1 Å². The van der Waals surface area contributed by atoms with E-state index in [0.717, 1.165) is 43.2 Å². The Labute approximate surface area is 146 Å². The van der Waals surface area contributed by atoms with Crippen LogP contribution in [0.5, 0.6) is 0 Å². The Hall–Kier alpha value is -2.37. The van der Waals surface area contributed by atoms with Crippen LogP contribution in [0.25, 0.3) is 22.0 Å². The first-order chi connectivity index (χ1) is 12.2. The highest BCUT2D eigenvalue weighted by molar-refractivity contribution is 5.87. The number of rotatable bonds is 5. The Morgan fingerprint density at radius 3 is 2.64 bits per heavy atom. The number of hydrogen-bond donors (Lipinski definition) is 1. The standard InChI is InChI=1S/C20H21FN4/c1-25(12-14-10-22-11-14)13-16-7-9-19(24-23-16)18-8-6-15-4-2-3-5-17(15)20(18)21/h2-9,14,22H,10-13H2,1H3. The van der Waals surface area contributed by atoms with Crippen molar-refractivity contribution in [2.75, 3.05) is 26.7 Å². The molecule has 0 bridgehead atoms. The molecule has 2 aromatic carbocycles. The minimum absolute atomic E-state index is 0.241. The molecule has 1 fully saturated rings. The van der Waals surface area contributed by atoms with Gasteiger partial charge in [0.15, 0.2) is 0 Å². The maximum Gasteiger partial charge on any atom is 0.140 e. The predicted molar refractivity (Wildman–Crippen MR) is 97.6 cm³/mol. The van der Waals surface area contributed by atoms with E-state index < -0.39 is 0 Å². The van der Waals surface area contributed by atoms with Crippen LogP contribution in [-0.4, -0.2) is 41.8 Å². The fourth-order valence-electron chi connectivity index (χ4n) is 3.28. The third kappa shape index (κ3) is 3.38. The van der Waals surface area contributed by atoms with E-state index in [1.807, 2.05) is 36.4 Å². The van der Waals surface area contributed by atoms with Gasteiger partial charge in [-0.15, -0.1) is 0 Å². The number of nitrogens with zero attached hydrogens (tertiary/aromatic N) is 3. The predicted octanol–water partition coefficient (Wildman–Crippen LogP) is 3.09. The summed E-state index contributed by atoms with van der Waals surface area (Å²) in [4.78, 5) is 2.26. The molecule has 0 atom stereocenters. The van der Waals surface area contributed by atoms with Crippen LogP contribution in [0, 0.1) is 11.7 Å². The fraction of sp³-hybridized carbons (Fsp3) is 0.300. The molecule has 2 heterocycles. The highest BCUT2D eigenvalue weighted by Crippen LogP contribution is 2.27. The van der Waals surface area contributed by atoms with Gasteiger partial charge >= 0.3 is 0 Å². The second-order valence-electron chi connectivity index (χ2n) is 6.78. The zero-order valence-corrected chi connectivity index (χ0v) is 14.2. The summed E-state index contributed by atoms with van der Waals surface area (Å²) in [5.74, 6) is 0.485. The fourth-order valence-corrected chi connectivity index (χ4v) is 3.28. The van der Waals surface area contributed by atoms with E-state index in [1.165, 1.54) is 0 Å². The lowest BCUT2D eigenvalue weighted by Crippen LogP contribution is -2.47. The third-order valence-corrected chi connectivity index (χ3v) is 4.73. The molecule has 4 nitrogen and oxygen atoms in total. The van der Waals surface area contributed by atoms with Crippen LogP contribution in [0.15, 0.2) is 48.5 Å². The van der Waals surface area contributed by atoms with Gasteiger partial charge in [-0.2, -0.15) is 10.2 Å². The summed E-state index contributed by atoms with van der Waals surface area (Å²) in [5, 5.41) is 13.3. The van der Waals surface area contributed by atoms with Crippen molar-refractivity contribution in [2.45, 2.75) is 6.54 Å². The van der Waals surface area contributed by atoms with Crippen LogP contribution in [-0.2, 0) is 6.54 Å². The summed E-state index contributed by atoms with van der Waals surface area (Å²) in [5.41, 5.74) is 1.96. The third-order valence-electron chi connectivity index (χ3n) is 4.73. The van der Waals surface area contributed by atoms with Crippen LogP contribution < -0.4 is 5.32 Å². The molecule has 0 amide bonds. The maximum absolute atomic E-state index is 14.8. The minimum Gasteiger partial charge on any atom is -0.316 e. The Morgan fingerprint density at radius 2 is 1.92 bits per heavy atom. The van der Waals surface area contributed by atoms with Crippen molar-refractivity contribution in [2.24, 2.45) is 5.92 Å². The van der Waals surface area contributed by atoms with E-state index in [-0.39, 0.29) is 5.82 Å². The monoisotopic (exact) mass is 336 g/mol. The Bertz CT molecular complexity index is 875. The molecule has 4 rings (SSSR count). The number of nitrogens with one attached hydrogen (secondary N) is 1. The van der Waals surface area contributed by atoms with Crippen molar-refractivity contribution < 1.29 is 4.39 Å². The normalized spacial score (nSPS) is 14.8. The van der Waals surface area contributed by atoms with E-state index in [4.69, 9.17) is 0 Å². The molecule has 0 saturated carbocycles. The summed E-state index contributed by atoms with van der Waals surface area (Å²) in [6.45, 7) is 3.99. The van der Waals surface area contributed by atoms with E-state index in [1.54, 1.807) is 12.1 Å². The Kier molecular flexibility index (Phi) is 4.42. The molecule has 128 valence electrons. The van der Waals surface area contributed by atoms with E-state index in [0.29, 0.717) is 16.6 Å². The Morgan fingerprint density at radius 1 is 1.08 bits per heavy atom. The molecule has 5 heteroatoms. The molecular formula is C20H21FN4. The number of halogens is 1. The van der Waals surface area contributed by atoms with Gasteiger partial charge in [0.1, 0.15) is 5.82 Å². The van der Waals surface area contributed by atoms with Crippen molar-refractivity contribution in [1.29, 1.82) is 0 Å². The lowest BCUT2D eigenvalue weighted by atomic mass is 10.0. The molecule has 0 aliphatic carbocycles. The molecule has 1 saturated heterocycles. The molecule has 25 heavy (non-hydrogen) atoms. The molecule has 0 radical (unpaired) electrons. The van der Waals surface area contributed by atoms with Crippen LogP contribution in [0.3, 0.4) is 0 Å². The van der Waals surface area contributed by atoms with E-state index in [2.05, 4.69) is 27.5 Å². The number of benzene rings is 2.